The van der Waals surface area contributed by atoms with Gasteiger partial charge in [-0.2, -0.15) is 0 Å². The molecule has 1 amide bonds. The Hall–Kier alpha value is -1.56. The number of hydrogen-bond acceptors (Lipinski definition) is 5. The summed E-state index contributed by atoms with van der Waals surface area (Å²) < 4.78 is 9.77. The average Bonchev–Trinajstić information content (AvgIpc) is 2.23. The third kappa shape index (κ3) is 9.07. The van der Waals surface area contributed by atoms with Crippen molar-refractivity contribution in [2.24, 2.45) is 0 Å². The van der Waals surface area contributed by atoms with E-state index in [4.69, 9.17) is 9.47 Å². The van der Waals surface area contributed by atoms with Crippen LogP contribution in [-0.2, 0) is 14.3 Å². The number of nitrogens with one attached hydrogen (secondary N) is 1. The molecule has 0 aliphatic carbocycles. The second-order valence-corrected chi connectivity index (χ2v) is 5.18. The van der Waals surface area contributed by atoms with E-state index in [1.54, 1.807) is 27.7 Å². The molecule has 2 N–H and O–H groups in total. The Labute approximate surface area is 113 Å². The highest BCUT2D eigenvalue weighted by molar-refractivity contribution is 5.71. The number of esters is 1. The molecule has 0 aromatic rings. The SMILES string of the molecule is C=CCOC(=O)C[C@H](O)[C@H](C)NC(=O)OC(C)(C)C. The van der Waals surface area contributed by atoms with Crippen LogP contribution in [0.5, 0.6) is 0 Å². The third-order valence-corrected chi connectivity index (χ3v) is 2.06. The van der Waals surface area contributed by atoms with Crippen LogP contribution in [0, 0.1) is 0 Å². The molecule has 6 nitrogen and oxygen atoms in total. The molecule has 0 fully saturated rings. The van der Waals surface area contributed by atoms with Crippen molar-refractivity contribution >= 4 is 12.1 Å². The highest BCUT2D eigenvalue weighted by Gasteiger charge is 2.23. The average molecular weight is 273 g/mol. The Morgan fingerprint density at radius 2 is 2.00 bits per heavy atom. The molecule has 0 bridgehead atoms. The first-order valence-corrected chi connectivity index (χ1v) is 6.10. The zero-order valence-electron chi connectivity index (χ0n) is 11.9. The normalized spacial score (nSPS) is 14.2. The van der Waals surface area contributed by atoms with Gasteiger partial charge in [0.2, 0.25) is 0 Å². The molecular formula is C13H23NO5. The Morgan fingerprint density at radius 3 is 2.47 bits per heavy atom. The number of aliphatic hydroxyl groups excluding tert-OH is 1. The van der Waals surface area contributed by atoms with Crippen molar-refractivity contribution in [2.45, 2.75) is 51.9 Å². The number of aliphatic hydroxyl groups is 1. The van der Waals surface area contributed by atoms with Gasteiger partial charge >= 0.3 is 12.1 Å². The minimum Gasteiger partial charge on any atom is -0.461 e. The zero-order chi connectivity index (χ0) is 15.1. The van der Waals surface area contributed by atoms with Crippen LogP contribution in [0.4, 0.5) is 4.79 Å². The monoisotopic (exact) mass is 273 g/mol. The molecule has 0 aliphatic rings. The Kier molecular flexibility index (Phi) is 7.14. The molecular weight excluding hydrogens is 250 g/mol. The lowest BCUT2D eigenvalue weighted by Crippen LogP contribution is -2.44. The summed E-state index contributed by atoms with van der Waals surface area (Å²) in [6.07, 6.45) is -0.444. The Balaban J connectivity index is 4.12. The van der Waals surface area contributed by atoms with Gasteiger partial charge in [-0.05, 0) is 27.7 Å². The van der Waals surface area contributed by atoms with Gasteiger partial charge in [0.15, 0.2) is 0 Å². The molecule has 0 spiro atoms. The van der Waals surface area contributed by atoms with E-state index < -0.39 is 29.8 Å². The quantitative estimate of drug-likeness (QED) is 0.564. The van der Waals surface area contributed by atoms with Gasteiger partial charge in [-0.3, -0.25) is 4.79 Å². The van der Waals surface area contributed by atoms with Crippen molar-refractivity contribution in [1.82, 2.24) is 5.32 Å². The summed E-state index contributed by atoms with van der Waals surface area (Å²) in [4.78, 5) is 22.7. The fourth-order valence-corrected chi connectivity index (χ4v) is 1.15. The van der Waals surface area contributed by atoms with Gasteiger partial charge < -0.3 is 19.9 Å². The van der Waals surface area contributed by atoms with Gasteiger partial charge in [0.1, 0.15) is 12.2 Å². The molecule has 0 aliphatic heterocycles. The lowest BCUT2D eigenvalue weighted by atomic mass is 10.1. The molecule has 0 heterocycles. The number of ether oxygens (including phenoxy) is 2. The number of alkyl carbamates (subject to hydrolysis) is 1. The number of carbonyl (C=O) groups excluding carboxylic acids is 2. The van der Waals surface area contributed by atoms with Crippen LogP contribution in [0.25, 0.3) is 0 Å². The summed E-state index contributed by atoms with van der Waals surface area (Å²) in [5.41, 5.74) is -0.613. The van der Waals surface area contributed by atoms with Crippen LogP contribution >= 0.6 is 0 Å². The Morgan fingerprint density at radius 1 is 1.42 bits per heavy atom. The predicted molar refractivity (Wildman–Crippen MR) is 70.6 cm³/mol. The molecule has 0 aromatic carbocycles. The number of carbonyl (C=O) groups is 2. The van der Waals surface area contributed by atoms with Gasteiger partial charge in [-0.25, -0.2) is 4.79 Å². The second-order valence-electron chi connectivity index (χ2n) is 5.18. The standard InChI is InChI=1S/C13H23NO5/c1-6-7-18-11(16)8-10(15)9(2)14-12(17)19-13(3,4)5/h6,9-10,15H,1,7-8H2,2-5H3,(H,14,17)/t9-,10-/m0/s1. The first-order chi connectivity index (χ1) is 8.65. The van der Waals surface area contributed by atoms with Gasteiger partial charge in [-0.15, -0.1) is 0 Å². The molecule has 0 aromatic heterocycles. The summed E-state index contributed by atoms with van der Waals surface area (Å²) in [7, 11) is 0. The fourth-order valence-electron chi connectivity index (χ4n) is 1.15. The van der Waals surface area contributed by atoms with E-state index in [2.05, 4.69) is 11.9 Å². The minimum atomic E-state index is -1.04. The van der Waals surface area contributed by atoms with Crippen molar-refractivity contribution in [1.29, 1.82) is 0 Å². The maximum Gasteiger partial charge on any atom is 0.407 e. The smallest absolute Gasteiger partial charge is 0.407 e. The van der Waals surface area contributed by atoms with E-state index >= 15 is 0 Å². The number of rotatable bonds is 6. The topological polar surface area (TPSA) is 84.9 Å². The summed E-state index contributed by atoms with van der Waals surface area (Å²) in [6, 6.07) is -0.619. The maximum absolute atomic E-state index is 11.5. The van der Waals surface area contributed by atoms with Crippen LogP contribution in [0.15, 0.2) is 12.7 Å². The van der Waals surface area contributed by atoms with Gasteiger partial charge in [0.05, 0.1) is 18.6 Å². The van der Waals surface area contributed by atoms with Crippen LogP contribution in [-0.4, -0.2) is 41.5 Å². The molecule has 6 heteroatoms. The van der Waals surface area contributed by atoms with E-state index in [1.165, 1.54) is 6.08 Å². The molecule has 0 rings (SSSR count). The predicted octanol–water partition coefficient (Wildman–Crippen LogP) is 1.38. The maximum atomic E-state index is 11.5. The summed E-state index contributed by atoms with van der Waals surface area (Å²) >= 11 is 0. The number of amides is 1. The molecule has 110 valence electrons. The molecule has 19 heavy (non-hydrogen) atoms. The first kappa shape index (κ1) is 17.4. The van der Waals surface area contributed by atoms with E-state index in [9.17, 15) is 14.7 Å². The molecule has 0 saturated heterocycles. The second kappa shape index (κ2) is 7.78. The lowest BCUT2D eigenvalue weighted by molar-refractivity contribution is -0.145. The van der Waals surface area contributed by atoms with Gasteiger partial charge in [-0.1, -0.05) is 12.7 Å². The van der Waals surface area contributed by atoms with Crippen LogP contribution < -0.4 is 5.32 Å². The fraction of sp³-hybridized carbons (Fsp3) is 0.692. The van der Waals surface area contributed by atoms with Crippen molar-refractivity contribution in [2.75, 3.05) is 6.61 Å². The highest BCUT2D eigenvalue weighted by atomic mass is 16.6. The third-order valence-electron chi connectivity index (χ3n) is 2.06. The van der Waals surface area contributed by atoms with E-state index in [-0.39, 0.29) is 13.0 Å². The molecule has 2 atom stereocenters. The summed E-state index contributed by atoms with van der Waals surface area (Å²) in [5.74, 6) is -0.551. The van der Waals surface area contributed by atoms with Crippen LogP contribution in [0.1, 0.15) is 34.1 Å². The van der Waals surface area contributed by atoms with Crippen molar-refractivity contribution in [3.63, 3.8) is 0 Å². The van der Waals surface area contributed by atoms with E-state index in [0.29, 0.717) is 0 Å². The molecule has 0 saturated carbocycles. The largest absolute Gasteiger partial charge is 0.461 e. The van der Waals surface area contributed by atoms with Crippen molar-refractivity contribution in [3.8, 4) is 0 Å². The highest BCUT2D eigenvalue weighted by Crippen LogP contribution is 2.08. The summed E-state index contributed by atoms with van der Waals surface area (Å²) in [6.45, 7) is 10.3. The van der Waals surface area contributed by atoms with Crippen molar-refractivity contribution in [3.05, 3.63) is 12.7 Å². The first-order valence-electron chi connectivity index (χ1n) is 6.10. The number of hydrogen-bond donors (Lipinski definition) is 2. The molecule has 0 unspecified atom stereocenters. The Bertz CT molecular complexity index is 321. The van der Waals surface area contributed by atoms with Crippen molar-refractivity contribution < 1.29 is 24.2 Å². The van der Waals surface area contributed by atoms with Gasteiger partial charge in [0, 0.05) is 0 Å². The molecule has 0 radical (unpaired) electrons. The van der Waals surface area contributed by atoms with E-state index in [0.717, 1.165) is 0 Å². The van der Waals surface area contributed by atoms with Gasteiger partial charge in [0.25, 0.3) is 0 Å². The van der Waals surface area contributed by atoms with Crippen LogP contribution in [0.3, 0.4) is 0 Å². The minimum absolute atomic E-state index is 0.0967. The summed E-state index contributed by atoms with van der Waals surface area (Å²) in [5, 5.41) is 12.2. The zero-order valence-corrected chi connectivity index (χ0v) is 11.9. The van der Waals surface area contributed by atoms with E-state index in [1.807, 2.05) is 0 Å². The lowest BCUT2D eigenvalue weighted by Gasteiger charge is -2.24. The van der Waals surface area contributed by atoms with Crippen LogP contribution in [0.2, 0.25) is 0 Å².